The van der Waals surface area contributed by atoms with Crippen LogP contribution in [0.15, 0.2) is 30.5 Å². The van der Waals surface area contributed by atoms with E-state index in [1.165, 1.54) is 0 Å². The van der Waals surface area contributed by atoms with Crippen LogP contribution in [0.4, 0.5) is 11.6 Å². The number of hydrogen-bond acceptors (Lipinski definition) is 5. The summed E-state index contributed by atoms with van der Waals surface area (Å²) in [6.07, 6.45) is 3.91. The van der Waals surface area contributed by atoms with Gasteiger partial charge in [-0.05, 0) is 43.9 Å². The van der Waals surface area contributed by atoms with Gasteiger partial charge in [0.1, 0.15) is 5.69 Å². The fourth-order valence-corrected chi connectivity index (χ4v) is 2.77. The maximum Gasteiger partial charge on any atom is 0.274 e. The number of aromatic nitrogens is 2. The van der Waals surface area contributed by atoms with Gasteiger partial charge in [0.15, 0.2) is 0 Å². The predicted octanol–water partition coefficient (Wildman–Crippen LogP) is 2.94. The highest BCUT2D eigenvalue weighted by Gasteiger charge is 2.16. The molecule has 0 radical (unpaired) electrons. The van der Waals surface area contributed by atoms with Gasteiger partial charge >= 0.3 is 0 Å². The van der Waals surface area contributed by atoms with Crippen molar-refractivity contribution in [3.05, 3.63) is 47.3 Å². The van der Waals surface area contributed by atoms with E-state index >= 15 is 0 Å². The fraction of sp³-hybridized carbons (Fsp3) is 0.389. The summed E-state index contributed by atoms with van der Waals surface area (Å²) < 4.78 is 5.56. The normalized spacial score (nSPS) is 16.8. The van der Waals surface area contributed by atoms with Gasteiger partial charge in [0.2, 0.25) is 5.95 Å². The quantitative estimate of drug-likeness (QED) is 0.883. The minimum Gasteiger partial charge on any atom is -0.376 e. The maximum absolute atomic E-state index is 12.5. The third kappa shape index (κ3) is 3.89. The molecule has 126 valence electrons. The predicted molar refractivity (Wildman–Crippen MR) is 93.4 cm³/mol. The molecule has 2 N–H and O–H groups in total. The number of anilines is 2. The zero-order chi connectivity index (χ0) is 16.9. The monoisotopic (exact) mass is 326 g/mol. The van der Waals surface area contributed by atoms with Crippen molar-refractivity contribution in [3.8, 4) is 0 Å². The summed E-state index contributed by atoms with van der Waals surface area (Å²) in [6, 6.07) is 7.52. The Morgan fingerprint density at radius 2 is 2.08 bits per heavy atom. The SMILES string of the molecule is Cc1cccc(C)c1NC(=O)c1ccnc(NCC2CCCO2)n1. The van der Waals surface area contributed by atoms with Gasteiger partial charge in [-0.2, -0.15) is 0 Å². The van der Waals surface area contributed by atoms with Crippen molar-refractivity contribution in [3.63, 3.8) is 0 Å². The van der Waals surface area contributed by atoms with Crippen molar-refractivity contribution >= 4 is 17.5 Å². The summed E-state index contributed by atoms with van der Waals surface area (Å²) in [5.74, 6) is 0.203. The number of aryl methyl sites for hydroxylation is 2. The van der Waals surface area contributed by atoms with Gasteiger partial charge in [0, 0.05) is 25.0 Å². The van der Waals surface area contributed by atoms with Crippen LogP contribution in [0.5, 0.6) is 0 Å². The molecule has 0 bridgehead atoms. The molecular formula is C18H22N4O2. The Labute approximate surface area is 141 Å². The Bertz CT molecular complexity index is 706. The van der Waals surface area contributed by atoms with Crippen molar-refractivity contribution in [1.82, 2.24) is 9.97 Å². The second kappa shape index (κ2) is 7.40. The largest absolute Gasteiger partial charge is 0.376 e. The number of amides is 1. The summed E-state index contributed by atoms with van der Waals surface area (Å²) in [5, 5.41) is 6.08. The third-order valence-electron chi connectivity index (χ3n) is 4.12. The summed E-state index contributed by atoms with van der Waals surface area (Å²) >= 11 is 0. The maximum atomic E-state index is 12.5. The number of rotatable bonds is 5. The Morgan fingerprint density at radius 3 is 2.79 bits per heavy atom. The average Bonchev–Trinajstić information content (AvgIpc) is 3.10. The number of nitrogens with zero attached hydrogens (tertiary/aromatic N) is 2. The van der Waals surface area contributed by atoms with Gasteiger partial charge in [0.05, 0.1) is 6.10 Å². The van der Waals surface area contributed by atoms with Crippen molar-refractivity contribution < 1.29 is 9.53 Å². The number of benzene rings is 1. The molecule has 1 aliphatic rings. The first-order valence-electron chi connectivity index (χ1n) is 8.19. The lowest BCUT2D eigenvalue weighted by molar-refractivity contribution is 0.102. The van der Waals surface area contributed by atoms with Gasteiger partial charge < -0.3 is 15.4 Å². The number of carbonyl (C=O) groups is 1. The molecule has 0 spiro atoms. The fourth-order valence-electron chi connectivity index (χ4n) is 2.77. The first-order chi connectivity index (χ1) is 11.6. The molecule has 6 heteroatoms. The van der Waals surface area contributed by atoms with Crippen LogP contribution in [-0.4, -0.2) is 35.1 Å². The van der Waals surface area contributed by atoms with Crippen LogP contribution in [0.3, 0.4) is 0 Å². The molecular weight excluding hydrogens is 304 g/mol. The van der Waals surface area contributed by atoms with Crippen LogP contribution in [0.25, 0.3) is 0 Å². The lowest BCUT2D eigenvalue weighted by Gasteiger charge is -2.12. The van der Waals surface area contributed by atoms with Gasteiger partial charge in [-0.1, -0.05) is 18.2 Å². The molecule has 1 atom stereocenters. The van der Waals surface area contributed by atoms with E-state index in [4.69, 9.17) is 4.74 Å². The van der Waals surface area contributed by atoms with Gasteiger partial charge in [0.25, 0.3) is 5.91 Å². The van der Waals surface area contributed by atoms with Gasteiger partial charge in [-0.3, -0.25) is 4.79 Å². The van der Waals surface area contributed by atoms with E-state index < -0.39 is 0 Å². The van der Waals surface area contributed by atoms with E-state index in [2.05, 4.69) is 20.6 Å². The molecule has 1 aromatic carbocycles. The number of hydrogen-bond donors (Lipinski definition) is 2. The van der Waals surface area contributed by atoms with E-state index in [0.717, 1.165) is 36.3 Å². The van der Waals surface area contributed by atoms with Crippen molar-refractivity contribution in [2.45, 2.75) is 32.8 Å². The van der Waals surface area contributed by atoms with E-state index in [1.807, 2.05) is 32.0 Å². The van der Waals surface area contributed by atoms with E-state index in [1.54, 1.807) is 12.3 Å². The molecule has 24 heavy (non-hydrogen) atoms. The molecule has 1 saturated heterocycles. The van der Waals surface area contributed by atoms with Gasteiger partial charge in [-0.15, -0.1) is 0 Å². The average molecular weight is 326 g/mol. The molecule has 1 fully saturated rings. The molecule has 1 aromatic heterocycles. The lowest BCUT2D eigenvalue weighted by Crippen LogP contribution is -2.21. The van der Waals surface area contributed by atoms with E-state index in [0.29, 0.717) is 18.2 Å². The molecule has 0 saturated carbocycles. The summed E-state index contributed by atoms with van der Waals surface area (Å²) in [5.41, 5.74) is 3.21. The van der Waals surface area contributed by atoms with Crippen LogP contribution in [0.2, 0.25) is 0 Å². The Balaban J connectivity index is 1.67. The van der Waals surface area contributed by atoms with Crippen LogP contribution in [-0.2, 0) is 4.74 Å². The number of para-hydroxylation sites is 1. The zero-order valence-corrected chi connectivity index (χ0v) is 14.0. The molecule has 6 nitrogen and oxygen atoms in total. The van der Waals surface area contributed by atoms with E-state index in [-0.39, 0.29) is 12.0 Å². The summed E-state index contributed by atoms with van der Waals surface area (Å²) in [7, 11) is 0. The second-order valence-corrected chi connectivity index (χ2v) is 6.00. The third-order valence-corrected chi connectivity index (χ3v) is 4.12. The van der Waals surface area contributed by atoms with Crippen molar-refractivity contribution in [1.29, 1.82) is 0 Å². The molecule has 1 amide bonds. The summed E-state index contributed by atoms with van der Waals surface area (Å²) in [6.45, 7) is 5.40. The second-order valence-electron chi connectivity index (χ2n) is 6.00. The molecule has 2 heterocycles. The Kier molecular flexibility index (Phi) is 5.05. The molecule has 3 rings (SSSR count). The Hall–Kier alpha value is -2.47. The van der Waals surface area contributed by atoms with Crippen LogP contribution in [0.1, 0.15) is 34.5 Å². The minimum absolute atomic E-state index is 0.195. The molecule has 1 aliphatic heterocycles. The highest BCUT2D eigenvalue weighted by atomic mass is 16.5. The van der Waals surface area contributed by atoms with Crippen molar-refractivity contribution in [2.75, 3.05) is 23.8 Å². The van der Waals surface area contributed by atoms with Crippen LogP contribution < -0.4 is 10.6 Å². The smallest absolute Gasteiger partial charge is 0.274 e. The zero-order valence-electron chi connectivity index (χ0n) is 14.0. The first-order valence-corrected chi connectivity index (χ1v) is 8.19. The van der Waals surface area contributed by atoms with Crippen molar-refractivity contribution in [2.24, 2.45) is 0 Å². The van der Waals surface area contributed by atoms with Gasteiger partial charge in [-0.25, -0.2) is 9.97 Å². The summed E-state index contributed by atoms with van der Waals surface area (Å²) in [4.78, 5) is 20.9. The lowest BCUT2D eigenvalue weighted by atomic mass is 10.1. The minimum atomic E-state index is -0.241. The van der Waals surface area contributed by atoms with Crippen LogP contribution in [0, 0.1) is 13.8 Å². The molecule has 2 aromatic rings. The van der Waals surface area contributed by atoms with E-state index in [9.17, 15) is 4.79 Å². The highest BCUT2D eigenvalue weighted by Crippen LogP contribution is 2.20. The highest BCUT2D eigenvalue weighted by molar-refractivity contribution is 6.03. The Morgan fingerprint density at radius 1 is 1.29 bits per heavy atom. The number of carbonyl (C=O) groups excluding carboxylic acids is 1. The number of nitrogens with one attached hydrogen (secondary N) is 2. The van der Waals surface area contributed by atoms with Crippen LogP contribution >= 0.6 is 0 Å². The first kappa shape index (κ1) is 16.4. The molecule has 0 aliphatic carbocycles. The standard InChI is InChI=1S/C18H22N4O2/c1-12-5-3-6-13(2)16(12)22-17(23)15-8-9-19-18(21-15)20-11-14-7-4-10-24-14/h3,5-6,8-9,14H,4,7,10-11H2,1-2H3,(H,22,23)(H,19,20,21). The number of ether oxygens (including phenoxy) is 1. The topological polar surface area (TPSA) is 76.1 Å². The molecule has 1 unspecified atom stereocenters.